The van der Waals surface area contributed by atoms with Gasteiger partial charge in [-0.05, 0) is 23.3 Å². The van der Waals surface area contributed by atoms with Crippen LogP contribution in [0.25, 0.3) is 0 Å². The van der Waals surface area contributed by atoms with Gasteiger partial charge in [-0.25, -0.2) is 4.98 Å². The van der Waals surface area contributed by atoms with Gasteiger partial charge in [-0.15, -0.1) is 0 Å². The molecule has 0 bridgehead atoms. The van der Waals surface area contributed by atoms with E-state index in [-0.39, 0.29) is 0 Å². The minimum Gasteiger partial charge on any atom is -0.245 e. The highest BCUT2D eigenvalue weighted by Gasteiger charge is 2.02. The van der Waals surface area contributed by atoms with Crippen LogP contribution in [-0.2, 0) is 5.75 Å². The average molecular weight is 206 g/mol. The molecule has 3 heteroatoms. The molecule has 0 N–H and O–H groups in total. The summed E-state index contributed by atoms with van der Waals surface area (Å²) in [7, 11) is 0. The fourth-order valence-corrected chi connectivity index (χ4v) is 2.10. The van der Waals surface area contributed by atoms with Crippen molar-refractivity contribution in [1.29, 1.82) is 5.26 Å². The molecule has 0 saturated carbocycles. The van der Waals surface area contributed by atoms with Crippen LogP contribution in [0.15, 0.2) is 18.3 Å². The van der Waals surface area contributed by atoms with Crippen molar-refractivity contribution in [2.24, 2.45) is 5.92 Å². The lowest BCUT2D eigenvalue weighted by Gasteiger charge is -2.05. The lowest BCUT2D eigenvalue weighted by Crippen LogP contribution is -1.94. The second-order valence-corrected chi connectivity index (χ2v) is 4.56. The zero-order chi connectivity index (χ0) is 10.4. The third-order valence-electron chi connectivity index (χ3n) is 1.71. The van der Waals surface area contributed by atoms with Gasteiger partial charge in [0.25, 0.3) is 0 Å². The van der Waals surface area contributed by atoms with Crippen molar-refractivity contribution in [3.8, 4) is 6.07 Å². The highest BCUT2D eigenvalue weighted by Crippen LogP contribution is 2.16. The van der Waals surface area contributed by atoms with Gasteiger partial charge in [0.15, 0.2) is 0 Å². The first-order valence-corrected chi connectivity index (χ1v) is 5.81. The molecule has 1 aromatic heterocycles. The number of nitriles is 1. The van der Waals surface area contributed by atoms with Gasteiger partial charge >= 0.3 is 0 Å². The fraction of sp³-hybridized carbons (Fsp3) is 0.455. The second kappa shape index (κ2) is 5.66. The van der Waals surface area contributed by atoms with E-state index in [0.29, 0.717) is 11.6 Å². The summed E-state index contributed by atoms with van der Waals surface area (Å²) < 4.78 is 0. The monoisotopic (exact) mass is 206 g/mol. The van der Waals surface area contributed by atoms with Gasteiger partial charge < -0.3 is 0 Å². The molecule has 0 atom stereocenters. The van der Waals surface area contributed by atoms with Crippen molar-refractivity contribution in [2.75, 3.05) is 5.75 Å². The number of rotatable bonds is 4. The SMILES string of the molecule is CC(C)CSCc1cccnc1C#N. The molecular weight excluding hydrogens is 192 g/mol. The van der Waals surface area contributed by atoms with E-state index in [9.17, 15) is 0 Å². The van der Waals surface area contributed by atoms with Gasteiger partial charge in [-0.3, -0.25) is 0 Å². The third kappa shape index (κ3) is 3.39. The Kier molecular flexibility index (Phi) is 4.48. The summed E-state index contributed by atoms with van der Waals surface area (Å²) in [6, 6.07) is 5.96. The van der Waals surface area contributed by atoms with Gasteiger partial charge in [-0.1, -0.05) is 19.9 Å². The fourth-order valence-electron chi connectivity index (χ4n) is 1.06. The molecule has 74 valence electrons. The molecule has 1 heterocycles. The summed E-state index contributed by atoms with van der Waals surface area (Å²) in [5, 5.41) is 8.81. The van der Waals surface area contributed by atoms with Crippen LogP contribution in [0.2, 0.25) is 0 Å². The molecule has 0 aliphatic rings. The van der Waals surface area contributed by atoms with Gasteiger partial charge in [0.2, 0.25) is 0 Å². The lowest BCUT2D eigenvalue weighted by atomic mass is 10.2. The molecule has 0 aromatic carbocycles. The van der Waals surface area contributed by atoms with Crippen molar-refractivity contribution in [3.63, 3.8) is 0 Å². The molecule has 1 rings (SSSR count). The Morgan fingerprint density at radius 2 is 2.36 bits per heavy atom. The quantitative estimate of drug-likeness (QED) is 0.760. The number of nitrogens with zero attached hydrogens (tertiary/aromatic N) is 2. The zero-order valence-corrected chi connectivity index (χ0v) is 9.34. The van der Waals surface area contributed by atoms with Gasteiger partial charge in [0.05, 0.1) is 0 Å². The number of pyridine rings is 1. The van der Waals surface area contributed by atoms with Crippen molar-refractivity contribution in [3.05, 3.63) is 29.6 Å². The van der Waals surface area contributed by atoms with Gasteiger partial charge in [0.1, 0.15) is 11.8 Å². The Balaban J connectivity index is 2.54. The van der Waals surface area contributed by atoms with E-state index >= 15 is 0 Å². The van der Waals surface area contributed by atoms with Crippen molar-refractivity contribution in [2.45, 2.75) is 19.6 Å². The highest BCUT2D eigenvalue weighted by molar-refractivity contribution is 7.98. The van der Waals surface area contributed by atoms with E-state index in [0.717, 1.165) is 17.1 Å². The van der Waals surface area contributed by atoms with Gasteiger partial charge in [-0.2, -0.15) is 17.0 Å². The van der Waals surface area contributed by atoms with Crippen molar-refractivity contribution in [1.82, 2.24) is 4.98 Å². The summed E-state index contributed by atoms with van der Waals surface area (Å²) in [5.74, 6) is 2.71. The minimum atomic E-state index is 0.559. The third-order valence-corrected chi connectivity index (χ3v) is 3.12. The molecule has 0 unspecified atom stereocenters. The summed E-state index contributed by atoms with van der Waals surface area (Å²) in [5.41, 5.74) is 1.60. The molecule has 0 radical (unpaired) electrons. The number of thioether (sulfide) groups is 1. The summed E-state index contributed by atoms with van der Waals surface area (Å²) >= 11 is 1.85. The van der Waals surface area contributed by atoms with Crippen molar-refractivity contribution >= 4 is 11.8 Å². The molecule has 0 aliphatic heterocycles. The smallest absolute Gasteiger partial charge is 0.144 e. The first-order valence-electron chi connectivity index (χ1n) is 4.65. The Hall–Kier alpha value is -1.01. The van der Waals surface area contributed by atoms with E-state index < -0.39 is 0 Å². The maximum absolute atomic E-state index is 8.81. The van der Waals surface area contributed by atoms with E-state index in [4.69, 9.17) is 5.26 Å². The predicted molar refractivity (Wildman–Crippen MR) is 60.0 cm³/mol. The molecule has 0 spiro atoms. The van der Waals surface area contributed by atoms with Crippen LogP contribution in [0, 0.1) is 17.2 Å². The Labute approximate surface area is 89.4 Å². The van der Waals surface area contributed by atoms with E-state index in [1.165, 1.54) is 0 Å². The summed E-state index contributed by atoms with van der Waals surface area (Å²) in [4.78, 5) is 4.02. The van der Waals surface area contributed by atoms with Crippen LogP contribution < -0.4 is 0 Å². The van der Waals surface area contributed by atoms with Crippen LogP contribution in [-0.4, -0.2) is 10.7 Å². The largest absolute Gasteiger partial charge is 0.245 e. The average Bonchev–Trinajstić information content (AvgIpc) is 2.18. The topological polar surface area (TPSA) is 36.7 Å². The molecular formula is C11H14N2S. The Bertz CT molecular complexity index is 328. The Morgan fingerprint density at radius 3 is 3.00 bits per heavy atom. The lowest BCUT2D eigenvalue weighted by molar-refractivity contribution is 0.750. The van der Waals surface area contributed by atoms with Crippen LogP contribution in [0.5, 0.6) is 0 Å². The van der Waals surface area contributed by atoms with Crippen LogP contribution >= 0.6 is 11.8 Å². The van der Waals surface area contributed by atoms with E-state index in [1.54, 1.807) is 6.20 Å². The second-order valence-electron chi connectivity index (χ2n) is 3.53. The van der Waals surface area contributed by atoms with Gasteiger partial charge in [0, 0.05) is 11.9 Å². The maximum Gasteiger partial charge on any atom is 0.144 e. The van der Waals surface area contributed by atoms with Crippen LogP contribution in [0.3, 0.4) is 0 Å². The molecule has 0 fully saturated rings. The highest BCUT2D eigenvalue weighted by atomic mass is 32.2. The molecule has 0 saturated heterocycles. The predicted octanol–water partition coefficient (Wildman–Crippen LogP) is 2.84. The first-order chi connectivity index (χ1) is 6.74. The molecule has 0 amide bonds. The van der Waals surface area contributed by atoms with Crippen LogP contribution in [0.4, 0.5) is 0 Å². The minimum absolute atomic E-state index is 0.559. The zero-order valence-electron chi connectivity index (χ0n) is 8.53. The first kappa shape index (κ1) is 11.1. The number of hydrogen-bond acceptors (Lipinski definition) is 3. The van der Waals surface area contributed by atoms with E-state index in [1.807, 2.05) is 23.9 Å². The maximum atomic E-state index is 8.81. The molecule has 0 aliphatic carbocycles. The molecule has 14 heavy (non-hydrogen) atoms. The number of hydrogen-bond donors (Lipinski definition) is 0. The molecule has 1 aromatic rings. The standard InChI is InChI=1S/C11H14N2S/c1-9(2)7-14-8-10-4-3-5-13-11(10)6-12/h3-5,9H,7-8H2,1-2H3. The molecule has 2 nitrogen and oxygen atoms in total. The van der Waals surface area contributed by atoms with Crippen molar-refractivity contribution < 1.29 is 0 Å². The summed E-state index contributed by atoms with van der Waals surface area (Å²) in [6.07, 6.45) is 1.66. The van der Waals surface area contributed by atoms with E-state index in [2.05, 4.69) is 24.9 Å². The summed E-state index contributed by atoms with van der Waals surface area (Å²) in [6.45, 7) is 4.39. The Morgan fingerprint density at radius 1 is 1.57 bits per heavy atom. The number of aromatic nitrogens is 1. The normalized spacial score (nSPS) is 10.1. The van der Waals surface area contributed by atoms with Crippen LogP contribution in [0.1, 0.15) is 25.1 Å².